The fourth-order valence-electron chi connectivity index (χ4n) is 2.58. The minimum Gasteiger partial charge on any atom is -0.455 e. The molecule has 3 nitrogen and oxygen atoms in total. The van der Waals surface area contributed by atoms with Crippen LogP contribution in [0.3, 0.4) is 0 Å². The molecule has 0 saturated heterocycles. The van der Waals surface area contributed by atoms with E-state index in [1.807, 2.05) is 12.1 Å². The predicted molar refractivity (Wildman–Crippen MR) is 71.3 cm³/mol. The molecule has 0 amide bonds. The second kappa shape index (κ2) is 5.02. The summed E-state index contributed by atoms with van der Waals surface area (Å²) >= 11 is 0. The SMILES string of the molecule is COCc1ccc(C(=O)c2ccc3c(c2)CCC3)o1. The fraction of sp³-hybridized carbons (Fsp3) is 0.312. The van der Waals surface area contributed by atoms with Crippen molar-refractivity contribution < 1.29 is 13.9 Å². The first kappa shape index (κ1) is 12.2. The van der Waals surface area contributed by atoms with Crippen LogP contribution in [0.15, 0.2) is 34.7 Å². The van der Waals surface area contributed by atoms with E-state index in [0.29, 0.717) is 23.7 Å². The maximum atomic E-state index is 12.3. The Morgan fingerprint density at radius 3 is 2.89 bits per heavy atom. The number of rotatable bonds is 4. The van der Waals surface area contributed by atoms with Crippen LogP contribution in [0.1, 0.15) is 39.4 Å². The molecule has 0 unspecified atom stereocenters. The van der Waals surface area contributed by atoms with Crippen molar-refractivity contribution in [2.75, 3.05) is 7.11 Å². The van der Waals surface area contributed by atoms with Crippen LogP contribution in [0.25, 0.3) is 0 Å². The summed E-state index contributed by atoms with van der Waals surface area (Å²) in [4.78, 5) is 12.3. The van der Waals surface area contributed by atoms with Gasteiger partial charge >= 0.3 is 0 Å². The Kier molecular flexibility index (Phi) is 3.22. The first-order valence-corrected chi connectivity index (χ1v) is 6.52. The molecule has 3 rings (SSSR count). The lowest BCUT2D eigenvalue weighted by molar-refractivity contribution is 0.1000. The Morgan fingerprint density at radius 2 is 2.05 bits per heavy atom. The zero-order valence-electron chi connectivity index (χ0n) is 10.9. The van der Waals surface area contributed by atoms with Crippen LogP contribution < -0.4 is 0 Å². The number of carbonyl (C=O) groups excluding carboxylic acids is 1. The monoisotopic (exact) mass is 256 g/mol. The summed E-state index contributed by atoms with van der Waals surface area (Å²) in [7, 11) is 1.60. The normalized spacial score (nSPS) is 13.5. The Morgan fingerprint density at radius 1 is 1.21 bits per heavy atom. The van der Waals surface area contributed by atoms with Crippen molar-refractivity contribution in [2.45, 2.75) is 25.9 Å². The predicted octanol–water partition coefficient (Wildman–Crippen LogP) is 3.15. The van der Waals surface area contributed by atoms with Crippen molar-refractivity contribution in [3.63, 3.8) is 0 Å². The fourth-order valence-corrected chi connectivity index (χ4v) is 2.58. The highest BCUT2D eigenvalue weighted by Crippen LogP contribution is 2.24. The standard InChI is InChI=1S/C16H16O3/c1-18-10-14-7-8-15(19-14)16(17)13-6-5-11-3-2-4-12(11)9-13/h5-9H,2-4,10H2,1H3. The lowest BCUT2D eigenvalue weighted by Gasteiger charge is -2.02. The molecular formula is C16H16O3. The van der Waals surface area contributed by atoms with Gasteiger partial charge in [-0.25, -0.2) is 0 Å². The van der Waals surface area contributed by atoms with Gasteiger partial charge in [-0.15, -0.1) is 0 Å². The number of fused-ring (bicyclic) bond motifs is 1. The Balaban J connectivity index is 1.86. The lowest BCUT2D eigenvalue weighted by Crippen LogP contribution is -2.00. The van der Waals surface area contributed by atoms with E-state index in [2.05, 4.69) is 6.07 Å². The van der Waals surface area contributed by atoms with E-state index in [-0.39, 0.29) is 5.78 Å². The molecule has 1 aliphatic rings. The van der Waals surface area contributed by atoms with Gasteiger partial charge in [0.05, 0.1) is 0 Å². The highest BCUT2D eigenvalue weighted by Gasteiger charge is 2.17. The van der Waals surface area contributed by atoms with Gasteiger partial charge in [-0.2, -0.15) is 0 Å². The zero-order valence-corrected chi connectivity index (χ0v) is 10.9. The van der Waals surface area contributed by atoms with Crippen molar-refractivity contribution in [2.24, 2.45) is 0 Å². The molecule has 0 aliphatic heterocycles. The quantitative estimate of drug-likeness (QED) is 0.789. The van der Waals surface area contributed by atoms with E-state index < -0.39 is 0 Å². The highest BCUT2D eigenvalue weighted by atomic mass is 16.5. The minimum atomic E-state index is -0.0583. The number of hydrogen-bond acceptors (Lipinski definition) is 3. The van der Waals surface area contributed by atoms with Crippen molar-refractivity contribution >= 4 is 5.78 Å². The number of ketones is 1. The van der Waals surface area contributed by atoms with Gasteiger partial charge in [-0.3, -0.25) is 4.79 Å². The Hall–Kier alpha value is -1.87. The number of furan rings is 1. The van der Waals surface area contributed by atoms with E-state index in [1.165, 1.54) is 17.5 Å². The van der Waals surface area contributed by atoms with Crippen LogP contribution in [0.5, 0.6) is 0 Å². The molecule has 0 atom stereocenters. The summed E-state index contributed by atoms with van der Waals surface area (Å²) < 4.78 is 10.5. The van der Waals surface area contributed by atoms with E-state index in [9.17, 15) is 4.79 Å². The molecule has 1 aromatic heterocycles. The molecular weight excluding hydrogens is 240 g/mol. The highest BCUT2D eigenvalue weighted by molar-refractivity contribution is 6.07. The minimum absolute atomic E-state index is 0.0583. The molecule has 19 heavy (non-hydrogen) atoms. The first-order chi connectivity index (χ1) is 9.28. The van der Waals surface area contributed by atoms with Crippen molar-refractivity contribution in [3.05, 3.63) is 58.5 Å². The van der Waals surface area contributed by atoms with Crippen LogP contribution in [0.2, 0.25) is 0 Å². The summed E-state index contributed by atoms with van der Waals surface area (Å²) in [6.45, 7) is 0.386. The van der Waals surface area contributed by atoms with E-state index in [1.54, 1.807) is 19.2 Å². The third-order valence-corrected chi connectivity index (χ3v) is 3.53. The van der Waals surface area contributed by atoms with Crippen molar-refractivity contribution in [3.8, 4) is 0 Å². The van der Waals surface area contributed by atoms with Gasteiger partial charge in [0.25, 0.3) is 0 Å². The summed E-state index contributed by atoms with van der Waals surface area (Å²) in [5.74, 6) is 0.995. The van der Waals surface area contributed by atoms with Crippen LogP contribution >= 0.6 is 0 Å². The molecule has 1 heterocycles. The molecule has 0 N–H and O–H groups in total. The van der Waals surface area contributed by atoms with Gasteiger partial charge < -0.3 is 9.15 Å². The average Bonchev–Trinajstić information content (AvgIpc) is 3.05. The van der Waals surface area contributed by atoms with Crippen LogP contribution in [-0.2, 0) is 24.2 Å². The van der Waals surface area contributed by atoms with Crippen molar-refractivity contribution in [1.29, 1.82) is 0 Å². The number of methoxy groups -OCH3 is 1. The zero-order chi connectivity index (χ0) is 13.2. The number of hydrogen-bond donors (Lipinski definition) is 0. The van der Waals surface area contributed by atoms with Gasteiger partial charge in [0, 0.05) is 12.7 Å². The lowest BCUT2D eigenvalue weighted by atomic mass is 10.0. The van der Waals surface area contributed by atoms with Gasteiger partial charge in [-0.1, -0.05) is 12.1 Å². The topological polar surface area (TPSA) is 39.4 Å². The average molecular weight is 256 g/mol. The maximum absolute atomic E-state index is 12.3. The third kappa shape index (κ3) is 2.34. The second-order valence-corrected chi connectivity index (χ2v) is 4.87. The van der Waals surface area contributed by atoms with Gasteiger partial charge in [0.15, 0.2) is 5.76 Å². The van der Waals surface area contributed by atoms with Gasteiger partial charge in [-0.05, 0) is 48.6 Å². The van der Waals surface area contributed by atoms with E-state index >= 15 is 0 Å². The van der Waals surface area contributed by atoms with Crippen LogP contribution in [0, 0.1) is 0 Å². The second-order valence-electron chi connectivity index (χ2n) is 4.87. The summed E-state index contributed by atoms with van der Waals surface area (Å²) in [6.07, 6.45) is 3.39. The van der Waals surface area contributed by atoms with Gasteiger partial charge in [0.1, 0.15) is 12.4 Å². The van der Waals surface area contributed by atoms with Crippen LogP contribution in [-0.4, -0.2) is 12.9 Å². The molecule has 3 heteroatoms. The number of ether oxygens (including phenoxy) is 1. The first-order valence-electron chi connectivity index (χ1n) is 6.52. The third-order valence-electron chi connectivity index (χ3n) is 3.53. The van der Waals surface area contributed by atoms with Crippen molar-refractivity contribution in [1.82, 2.24) is 0 Å². The Labute approximate surface area is 112 Å². The largest absolute Gasteiger partial charge is 0.455 e. The van der Waals surface area contributed by atoms with E-state index in [0.717, 1.165) is 12.8 Å². The van der Waals surface area contributed by atoms with Crippen LogP contribution in [0.4, 0.5) is 0 Å². The molecule has 2 aromatic rings. The molecule has 0 saturated carbocycles. The maximum Gasteiger partial charge on any atom is 0.228 e. The number of carbonyl (C=O) groups is 1. The number of aryl methyl sites for hydroxylation is 2. The molecule has 1 aliphatic carbocycles. The number of benzene rings is 1. The Bertz CT molecular complexity index is 610. The molecule has 1 aromatic carbocycles. The molecule has 0 fully saturated rings. The summed E-state index contributed by atoms with van der Waals surface area (Å²) in [5, 5.41) is 0. The molecule has 0 radical (unpaired) electrons. The summed E-state index contributed by atoms with van der Waals surface area (Å²) in [5.41, 5.74) is 3.38. The van der Waals surface area contributed by atoms with E-state index in [4.69, 9.17) is 9.15 Å². The molecule has 98 valence electrons. The van der Waals surface area contributed by atoms with Gasteiger partial charge in [0.2, 0.25) is 5.78 Å². The smallest absolute Gasteiger partial charge is 0.228 e. The molecule has 0 bridgehead atoms. The summed E-state index contributed by atoms with van der Waals surface area (Å²) in [6, 6.07) is 9.46. The molecule has 0 spiro atoms.